The Morgan fingerprint density at radius 2 is 2.40 bits per heavy atom. The van der Waals surface area contributed by atoms with Crippen LogP contribution in [0, 0.1) is 6.92 Å². The van der Waals surface area contributed by atoms with Crippen molar-refractivity contribution in [2.45, 2.75) is 13.5 Å². The molecule has 5 nitrogen and oxygen atoms in total. The van der Waals surface area contributed by atoms with E-state index in [2.05, 4.69) is 9.47 Å². The number of nitrogen functional groups attached to an aromatic ring is 1. The molecule has 2 N–H and O–H groups in total. The monoisotopic (exact) mass is 224 g/mol. The Labute approximate surface area is 91.6 Å². The van der Waals surface area contributed by atoms with Crippen LogP contribution in [0.4, 0.5) is 5.69 Å². The molecule has 80 valence electrons. The van der Waals surface area contributed by atoms with Gasteiger partial charge in [-0.1, -0.05) is 0 Å². The van der Waals surface area contributed by atoms with Crippen molar-refractivity contribution in [1.82, 2.24) is 14.2 Å². The van der Waals surface area contributed by atoms with Crippen LogP contribution in [0.15, 0.2) is 12.3 Å². The molecule has 2 heterocycles. The quantitative estimate of drug-likeness (QED) is 0.853. The van der Waals surface area contributed by atoms with Crippen molar-refractivity contribution in [2.24, 2.45) is 0 Å². The van der Waals surface area contributed by atoms with Gasteiger partial charge < -0.3 is 10.5 Å². The Morgan fingerprint density at radius 1 is 1.60 bits per heavy atom. The first-order valence-corrected chi connectivity index (χ1v) is 5.25. The van der Waals surface area contributed by atoms with E-state index in [4.69, 9.17) is 10.5 Å². The molecule has 6 heteroatoms. The maximum absolute atomic E-state index is 5.71. The average Bonchev–Trinajstić information content (AvgIpc) is 2.80. The van der Waals surface area contributed by atoms with Crippen molar-refractivity contribution < 1.29 is 4.74 Å². The fourth-order valence-corrected chi connectivity index (χ4v) is 1.90. The topological polar surface area (TPSA) is 66.0 Å². The normalized spacial score (nSPS) is 10.5. The zero-order valence-corrected chi connectivity index (χ0v) is 9.41. The molecule has 0 aliphatic rings. The second-order valence-corrected chi connectivity index (χ2v) is 4.07. The van der Waals surface area contributed by atoms with Crippen molar-refractivity contribution in [3.63, 3.8) is 0 Å². The summed E-state index contributed by atoms with van der Waals surface area (Å²) in [4.78, 5) is 1.10. The van der Waals surface area contributed by atoms with Gasteiger partial charge >= 0.3 is 0 Å². The predicted molar refractivity (Wildman–Crippen MR) is 59.1 cm³/mol. The molecule has 0 saturated carbocycles. The highest BCUT2D eigenvalue weighted by Gasteiger charge is 2.06. The minimum Gasteiger partial charge on any atom is -0.480 e. The van der Waals surface area contributed by atoms with Crippen molar-refractivity contribution in [1.29, 1.82) is 0 Å². The Balaban J connectivity index is 2.18. The van der Waals surface area contributed by atoms with Crippen molar-refractivity contribution in [2.75, 3.05) is 12.8 Å². The van der Waals surface area contributed by atoms with Crippen molar-refractivity contribution in [3.05, 3.63) is 22.8 Å². The van der Waals surface area contributed by atoms with Gasteiger partial charge in [0.25, 0.3) is 0 Å². The van der Waals surface area contributed by atoms with Gasteiger partial charge in [0.15, 0.2) is 0 Å². The Hall–Kier alpha value is -1.56. The standard InChI is InChI=1S/C9H12N4OS/c1-6-8(10)4-11-13(6)5-7-3-9(14-2)12-15-7/h3-4H,5,10H2,1-2H3. The first kappa shape index (κ1) is 9.97. The number of anilines is 1. The maximum atomic E-state index is 5.71. The van der Waals surface area contributed by atoms with E-state index in [9.17, 15) is 0 Å². The zero-order chi connectivity index (χ0) is 10.8. The summed E-state index contributed by atoms with van der Waals surface area (Å²) in [6.45, 7) is 2.63. The molecule has 0 radical (unpaired) electrons. The highest BCUT2D eigenvalue weighted by molar-refractivity contribution is 7.05. The smallest absolute Gasteiger partial charge is 0.225 e. The summed E-state index contributed by atoms with van der Waals surface area (Å²) in [6, 6.07) is 1.90. The highest BCUT2D eigenvalue weighted by Crippen LogP contribution is 2.18. The van der Waals surface area contributed by atoms with Crippen molar-refractivity contribution >= 4 is 17.2 Å². The Morgan fingerprint density at radius 3 is 2.93 bits per heavy atom. The van der Waals surface area contributed by atoms with Gasteiger partial charge in [0, 0.05) is 6.07 Å². The zero-order valence-electron chi connectivity index (χ0n) is 8.60. The van der Waals surface area contributed by atoms with E-state index < -0.39 is 0 Å². The molecule has 2 rings (SSSR count). The lowest BCUT2D eigenvalue weighted by Crippen LogP contribution is -2.02. The average molecular weight is 224 g/mol. The number of nitrogens with two attached hydrogens (primary N) is 1. The second-order valence-electron chi connectivity index (χ2n) is 3.18. The molecule has 2 aromatic heterocycles. The second kappa shape index (κ2) is 3.90. The lowest BCUT2D eigenvalue weighted by molar-refractivity contribution is 0.402. The van der Waals surface area contributed by atoms with Crippen LogP contribution >= 0.6 is 11.5 Å². The molecule has 2 aromatic rings. The van der Waals surface area contributed by atoms with Crippen LogP contribution in [0.3, 0.4) is 0 Å². The minimum atomic E-state index is 0.646. The Kier molecular flexibility index (Phi) is 2.59. The number of ether oxygens (including phenoxy) is 1. The van der Waals surface area contributed by atoms with Crippen LogP contribution in [0.2, 0.25) is 0 Å². The maximum Gasteiger partial charge on any atom is 0.225 e. The summed E-state index contributed by atoms with van der Waals surface area (Å²) in [5.41, 5.74) is 7.39. The number of nitrogens with zero attached hydrogens (tertiary/aromatic N) is 3. The van der Waals surface area contributed by atoms with E-state index in [1.807, 2.05) is 17.7 Å². The third kappa shape index (κ3) is 1.94. The van der Waals surface area contributed by atoms with Crippen LogP contribution in [0.5, 0.6) is 5.88 Å². The minimum absolute atomic E-state index is 0.646. The molecule has 0 amide bonds. The number of rotatable bonds is 3. The molecular weight excluding hydrogens is 212 g/mol. The number of methoxy groups -OCH3 is 1. The van der Waals surface area contributed by atoms with Crippen LogP contribution < -0.4 is 10.5 Å². The molecule has 0 aliphatic heterocycles. The van der Waals surface area contributed by atoms with Crippen molar-refractivity contribution in [3.8, 4) is 5.88 Å². The van der Waals surface area contributed by atoms with Gasteiger partial charge in [-0.3, -0.25) is 4.68 Å². The van der Waals surface area contributed by atoms with Gasteiger partial charge in [0.05, 0.1) is 36.1 Å². The number of hydrogen-bond acceptors (Lipinski definition) is 5. The van der Waals surface area contributed by atoms with E-state index in [1.54, 1.807) is 13.3 Å². The summed E-state index contributed by atoms with van der Waals surface area (Å²) in [7, 11) is 1.61. The van der Waals surface area contributed by atoms with Gasteiger partial charge in [-0.2, -0.15) is 9.47 Å². The number of hydrogen-bond donors (Lipinski definition) is 1. The van der Waals surface area contributed by atoms with Crippen LogP contribution in [0.25, 0.3) is 0 Å². The van der Waals surface area contributed by atoms with Crippen LogP contribution in [0.1, 0.15) is 10.6 Å². The summed E-state index contributed by atoms with van der Waals surface area (Å²) < 4.78 is 11.0. The van der Waals surface area contributed by atoms with Gasteiger partial charge in [-0.25, -0.2) is 0 Å². The van der Waals surface area contributed by atoms with Gasteiger partial charge in [0.1, 0.15) is 0 Å². The molecule has 0 bridgehead atoms. The lowest BCUT2D eigenvalue weighted by atomic mass is 10.4. The van der Waals surface area contributed by atoms with Gasteiger partial charge in [0.2, 0.25) is 5.88 Å². The molecule has 0 unspecified atom stereocenters. The van der Waals surface area contributed by atoms with E-state index in [0.717, 1.165) is 10.6 Å². The van der Waals surface area contributed by atoms with E-state index in [0.29, 0.717) is 18.1 Å². The fourth-order valence-electron chi connectivity index (χ4n) is 1.23. The lowest BCUT2D eigenvalue weighted by Gasteiger charge is -2.00. The Bertz CT molecular complexity index is 462. The number of aromatic nitrogens is 3. The van der Waals surface area contributed by atoms with E-state index in [1.165, 1.54) is 11.5 Å². The molecule has 0 atom stereocenters. The molecule has 0 saturated heterocycles. The largest absolute Gasteiger partial charge is 0.480 e. The molecule has 0 aromatic carbocycles. The molecule has 15 heavy (non-hydrogen) atoms. The summed E-state index contributed by atoms with van der Waals surface area (Å²) in [5, 5.41) is 4.18. The predicted octanol–water partition coefficient (Wildman–Crippen LogP) is 1.29. The first-order chi connectivity index (χ1) is 7.20. The van der Waals surface area contributed by atoms with Gasteiger partial charge in [-0.15, -0.1) is 0 Å². The highest BCUT2D eigenvalue weighted by atomic mass is 32.1. The van der Waals surface area contributed by atoms with Gasteiger partial charge in [-0.05, 0) is 18.5 Å². The summed E-state index contributed by atoms with van der Waals surface area (Å²) >= 11 is 1.41. The third-order valence-corrected chi connectivity index (χ3v) is 2.95. The fraction of sp³-hybridized carbons (Fsp3) is 0.333. The molecule has 0 fully saturated rings. The third-order valence-electron chi connectivity index (χ3n) is 2.19. The van der Waals surface area contributed by atoms with E-state index >= 15 is 0 Å². The van der Waals surface area contributed by atoms with E-state index in [-0.39, 0.29) is 0 Å². The molecule has 0 aliphatic carbocycles. The van der Waals surface area contributed by atoms with Crippen LogP contribution in [-0.4, -0.2) is 21.3 Å². The van der Waals surface area contributed by atoms with Crippen LogP contribution in [-0.2, 0) is 6.54 Å². The molecular formula is C9H12N4OS. The first-order valence-electron chi connectivity index (χ1n) is 4.48. The summed E-state index contributed by atoms with van der Waals surface area (Å²) in [6.07, 6.45) is 1.66. The summed E-state index contributed by atoms with van der Waals surface area (Å²) in [5.74, 6) is 0.646. The molecule has 0 spiro atoms. The SMILES string of the molecule is COc1cc(Cn2ncc(N)c2C)sn1.